The molecule has 0 atom stereocenters. The van der Waals surface area contributed by atoms with Gasteiger partial charge in [-0.05, 0) is 82.9 Å². The van der Waals surface area contributed by atoms with Gasteiger partial charge in [0.15, 0.2) is 10.9 Å². The van der Waals surface area contributed by atoms with Crippen molar-refractivity contribution in [2.24, 2.45) is 0 Å². The third-order valence-electron chi connectivity index (χ3n) is 12.4. The summed E-state index contributed by atoms with van der Waals surface area (Å²) in [6.07, 6.45) is 7.30. The quantitative estimate of drug-likeness (QED) is 0.0413. The zero-order chi connectivity index (χ0) is 48.7. The van der Waals surface area contributed by atoms with Crippen LogP contribution in [0.5, 0.6) is 0 Å². The normalized spacial score (nSPS) is 14.4. The zero-order valence-corrected chi connectivity index (χ0v) is 41.2. The van der Waals surface area contributed by atoms with Gasteiger partial charge >= 0.3 is 0 Å². The first-order valence-corrected chi connectivity index (χ1v) is 24.6. The number of hydrogen-bond acceptors (Lipinski definition) is 17. The number of benzene rings is 1. The van der Waals surface area contributed by atoms with E-state index < -0.39 is 0 Å². The molecule has 69 heavy (non-hydrogen) atoms. The number of ether oxygens (including phenoxy) is 4. The van der Waals surface area contributed by atoms with Crippen molar-refractivity contribution < 1.29 is 33.3 Å². The standard InChI is InChI=1S/C49H65N11O8S/c1-32-39(46(63)57-49-54-34(3)36(5)69-49)11-8-12-41(32)50-15-21-65-23-25-67-27-28-68-26-24-66-22-16-51-43(62)31-58-17-19-59(20-18-58)38-13-14-42(52-29-38)55-48-53-30-40-33(2)44(35(4)61)47(64)60(45(40)56-48)37-9-6-7-10-37/h8,11-14,29-30,37,50H,6-7,9-10,15-28,31H2,1-5H3,(H,51,62)(H,54,57,63)(H,52,53,55,56). The number of nitrogens with zero attached hydrogens (tertiary/aromatic N) is 7. The minimum atomic E-state index is -0.283. The lowest BCUT2D eigenvalue weighted by molar-refractivity contribution is -0.122. The van der Waals surface area contributed by atoms with E-state index in [4.69, 9.17) is 23.9 Å². The van der Waals surface area contributed by atoms with E-state index in [1.807, 2.05) is 51.2 Å². The fourth-order valence-corrected chi connectivity index (χ4v) is 9.35. The molecule has 4 aromatic heterocycles. The van der Waals surface area contributed by atoms with Crippen molar-refractivity contribution in [3.8, 4) is 0 Å². The maximum atomic E-state index is 13.6. The van der Waals surface area contributed by atoms with E-state index in [1.54, 1.807) is 23.8 Å². The Bertz CT molecular complexity index is 2570. The highest BCUT2D eigenvalue weighted by Crippen LogP contribution is 2.32. The van der Waals surface area contributed by atoms with E-state index >= 15 is 0 Å². The predicted molar refractivity (Wildman–Crippen MR) is 268 cm³/mol. The van der Waals surface area contributed by atoms with Crippen molar-refractivity contribution >= 4 is 68.2 Å². The Morgan fingerprint density at radius 1 is 0.783 bits per heavy atom. The maximum Gasteiger partial charge on any atom is 0.263 e. The van der Waals surface area contributed by atoms with Crippen LogP contribution < -0.4 is 31.7 Å². The fourth-order valence-electron chi connectivity index (χ4n) is 8.54. The molecule has 1 aliphatic carbocycles. The molecule has 4 N–H and O–H groups in total. The number of hydrogen-bond donors (Lipinski definition) is 4. The van der Waals surface area contributed by atoms with E-state index in [-0.39, 0.29) is 34.8 Å². The Balaban J connectivity index is 0.693. The highest BCUT2D eigenvalue weighted by Gasteiger charge is 2.26. The Morgan fingerprint density at radius 3 is 2.10 bits per heavy atom. The summed E-state index contributed by atoms with van der Waals surface area (Å²) in [5, 5.41) is 13.7. The van der Waals surface area contributed by atoms with Gasteiger partial charge in [0.05, 0.1) is 82.5 Å². The molecule has 2 fully saturated rings. The monoisotopic (exact) mass is 967 g/mol. The van der Waals surface area contributed by atoms with Crippen molar-refractivity contribution in [2.75, 3.05) is 120 Å². The molecule has 1 aromatic carbocycles. The smallest absolute Gasteiger partial charge is 0.263 e. The highest BCUT2D eigenvalue weighted by atomic mass is 32.1. The Kier molecular flexibility index (Phi) is 18.5. The van der Waals surface area contributed by atoms with E-state index in [0.717, 1.165) is 79.4 Å². The number of Topliss-reactive ketones (excluding diaryl/α,β-unsaturated/α-hetero) is 1. The summed E-state index contributed by atoms with van der Waals surface area (Å²) in [4.78, 5) is 75.3. The van der Waals surface area contributed by atoms with Crippen LogP contribution in [-0.2, 0) is 23.7 Å². The number of ketones is 1. The molecule has 0 radical (unpaired) electrons. The van der Waals surface area contributed by atoms with Gasteiger partial charge in [0.2, 0.25) is 11.9 Å². The average molecular weight is 968 g/mol. The van der Waals surface area contributed by atoms with Crippen LogP contribution >= 0.6 is 11.3 Å². The van der Waals surface area contributed by atoms with Crippen LogP contribution in [0.25, 0.3) is 11.0 Å². The summed E-state index contributed by atoms with van der Waals surface area (Å²) in [5.74, 6) is 0.423. The summed E-state index contributed by atoms with van der Waals surface area (Å²) >= 11 is 1.47. The van der Waals surface area contributed by atoms with Gasteiger partial charge in [-0.25, -0.2) is 15.0 Å². The SMILES string of the molecule is CC(=O)c1c(C)c2cnc(Nc3ccc(N4CCN(CC(=O)NCCOCCOCCOCCOCCNc5cccc(C(=O)Nc6nc(C)c(C)s6)c5C)CC4)cn3)nc2n(C2CCCC2)c1=O. The first-order chi connectivity index (χ1) is 33.5. The maximum absolute atomic E-state index is 13.6. The molecule has 370 valence electrons. The lowest BCUT2D eigenvalue weighted by Gasteiger charge is -2.35. The van der Waals surface area contributed by atoms with Crippen LogP contribution in [0.15, 0.2) is 47.5 Å². The van der Waals surface area contributed by atoms with E-state index in [0.29, 0.717) is 112 Å². The molecule has 2 aliphatic rings. The number of aryl methyl sites for hydroxylation is 3. The highest BCUT2D eigenvalue weighted by molar-refractivity contribution is 7.15. The number of fused-ring (bicyclic) bond motifs is 1. The number of thiazole rings is 1. The minimum absolute atomic E-state index is 0.000181. The first-order valence-electron chi connectivity index (χ1n) is 23.8. The Morgan fingerprint density at radius 2 is 1.46 bits per heavy atom. The third kappa shape index (κ3) is 13.9. The van der Waals surface area contributed by atoms with Crippen LogP contribution in [0.1, 0.15) is 81.1 Å². The molecule has 0 spiro atoms. The van der Waals surface area contributed by atoms with E-state index in [1.165, 1.54) is 18.3 Å². The molecular weight excluding hydrogens is 903 g/mol. The van der Waals surface area contributed by atoms with Crippen LogP contribution in [0.3, 0.4) is 0 Å². The number of pyridine rings is 2. The second kappa shape index (κ2) is 25.1. The summed E-state index contributed by atoms with van der Waals surface area (Å²) in [7, 11) is 0. The number of amides is 2. The van der Waals surface area contributed by atoms with Crippen molar-refractivity contribution in [1.82, 2.24) is 34.7 Å². The molecule has 2 amide bonds. The topological polar surface area (TPSA) is 216 Å². The summed E-state index contributed by atoms with van der Waals surface area (Å²) < 4.78 is 24.2. The number of rotatable bonds is 25. The van der Waals surface area contributed by atoms with Crippen LogP contribution in [0.2, 0.25) is 0 Å². The molecule has 5 aromatic rings. The molecule has 19 nitrogen and oxygen atoms in total. The molecule has 1 saturated heterocycles. The van der Waals surface area contributed by atoms with Gasteiger partial charge < -0.3 is 39.8 Å². The second-order valence-electron chi connectivity index (χ2n) is 17.2. The lowest BCUT2D eigenvalue weighted by Crippen LogP contribution is -2.49. The Hall–Kier alpha value is -5.90. The lowest BCUT2D eigenvalue weighted by atomic mass is 10.0. The zero-order valence-electron chi connectivity index (χ0n) is 40.4. The van der Waals surface area contributed by atoms with Crippen LogP contribution in [-0.4, -0.2) is 146 Å². The van der Waals surface area contributed by atoms with Gasteiger partial charge in [0.1, 0.15) is 11.5 Å². The molecule has 0 unspecified atom stereocenters. The third-order valence-corrected chi connectivity index (χ3v) is 13.4. The van der Waals surface area contributed by atoms with Gasteiger partial charge in [-0.15, -0.1) is 11.3 Å². The molecular formula is C49H65N11O8S. The average Bonchev–Trinajstić information content (AvgIpc) is 3.98. The van der Waals surface area contributed by atoms with Gasteiger partial charge in [-0.3, -0.25) is 34.0 Å². The minimum Gasteiger partial charge on any atom is -0.382 e. The number of aromatic nitrogens is 5. The van der Waals surface area contributed by atoms with Crippen molar-refractivity contribution in [3.05, 3.63) is 85.9 Å². The number of carbonyl (C=O) groups is 3. The number of nitrogens with one attached hydrogen (secondary N) is 4. The van der Waals surface area contributed by atoms with Gasteiger partial charge in [0.25, 0.3) is 11.5 Å². The van der Waals surface area contributed by atoms with E-state index in [2.05, 4.69) is 46.0 Å². The van der Waals surface area contributed by atoms with Gasteiger partial charge in [-0.1, -0.05) is 18.9 Å². The number of carbonyl (C=O) groups excluding carboxylic acids is 3. The van der Waals surface area contributed by atoms with E-state index in [9.17, 15) is 19.2 Å². The Labute approximate surface area is 406 Å². The van der Waals surface area contributed by atoms with Crippen molar-refractivity contribution in [2.45, 2.75) is 66.3 Å². The van der Waals surface area contributed by atoms with Gasteiger partial charge in [-0.2, -0.15) is 4.98 Å². The molecule has 20 heteroatoms. The van der Waals surface area contributed by atoms with Crippen molar-refractivity contribution in [3.63, 3.8) is 0 Å². The van der Waals surface area contributed by atoms with Crippen LogP contribution in [0, 0.1) is 27.7 Å². The molecule has 5 heterocycles. The van der Waals surface area contributed by atoms with Crippen LogP contribution in [0.4, 0.5) is 28.3 Å². The largest absolute Gasteiger partial charge is 0.382 e. The predicted octanol–water partition coefficient (Wildman–Crippen LogP) is 5.61. The second-order valence-corrected chi connectivity index (χ2v) is 18.4. The van der Waals surface area contributed by atoms with Gasteiger partial charge in [0, 0.05) is 73.0 Å². The molecule has 1 saturated carbocycles. The number of piperazine rings is 1. The van der Waals surface area contributed by atoms with Crippen molar-refractivity contribution in [1.29, 1.82) is 0 Å². The molecule has 7 rings (SSSR count). The number of anilines is 5. The first kappa shape index (κ1) is 51.0. The fraction of sp³-hybridized carbons (Fsp3) is 0.510. The summed E-state index contributed by atoms with van der Waals surface area (Å²) in [6.45, 7) is 16.9. The summed E-state index contributed by atoms with van der Waals surface area (Å²) in [5.41, 5.74) is 5.29. The molecule has 1 aliphatic heterocycles. The molecule has 0 bridgehead atoms. The summed E-state index contributed by atoms with van der Waals surface area (Å²) in [6, 6.07) is 9.48.